The number of ether oxygens (including phenoxy) is 1. The number of carbonyl (C=O) groups excluding carboxylic acids is 1. The first-order chi connectivity index (χ1) is 16.0. The second kappa shape index (κ2) is 8.61. The number of pyridine rings is 1. The average molecular weight is 478 g/mol. The summed E-state index contributed by atoms with van der Waals surface area (Å²) in [6.45, 7) is 0. The molecule has 4 aromatic rings. The highest BCUT2D eigenvalue weighted by Crippen LogP contribution is 2.31. The van der Waals surface area contributed by atoms with E-state index in [0.717, 1.165) is 30.6 Å². The lowest BCUT2D eigenvalue weighted by Gasteiger charge is -2.11. The number of benzene rings is 2. The average Bonchev–Trinajstić information content (AvgIpc) is 2.77. The topological polar surface area (TPSA) is 77.0 Å². The molecule has 0 unspecified atom stereocenters. The van der Waals surface area contributed by atoms with Crippen LogP contribution in [0.15, 0.2) is 67.0 Å². The van der Waals surface area contributed by atoms with E-state index in [-0.39, 0.29) is 28.2 Å². The molecule has 174 valence electrons. The summed E-state index contributed by atoms with van der Waals surface area (Å²) < 4.78 is 80.4. The number of rotatable bonds is 4. The van der Waals surface area contributed by atoms with E-state index in [9.17, 15) is 31.1 Å². The Kier molecular flexibility index (Phi) is 5.82. The van der Waals surface area contributed by atoms with Crippen LogP contribution in [-0.2, 0) is 6.18 Å². The summed E-state index contributed by atoms with van der Waals surface area (Å²) >= 11 is 0. The van der Waals surface area contributed by atoms with Crippen LogP contribution in [0.25, 0.3) is 22.3 Å². The third-order valence-electron chi connectivity index (χ3n) is 4.53. The SMILES string of the molecule is O=C(Nc1ncnc2ccc(-c3cccc(OC(F)(F)F)c3)nc12)c1cccc(C(F)(F)F)c1. The van der Waals surface area contributed by atoms with E-state index < -0.39 is 29.8 Å². The van der Waals surface area contributed by atoms with Gasteiger partial charge in [0.05, 0.1) is 16.8 Å². The van der Waals surface area contributed by atoms with Gasteiger partial charge in [-0.3, -0.25) is 4.79 Å². The first kappa shape index (κ1) is 23.0. The van der Waals surface area contributed by atoms with Gasteiger partial charge in [0.15, 0.2) is 5.82 Å². The smallest absolute Gasteiger partial charge is 0.406 e. The lowest BCUT2D eigenvalue weighted by Crippen LogP contribution is -2.17. The van der Waals surface area contributed by atoms with Crippen LogP contribution in [0.1, 0.15) is 15.9 Å². The Labute approximate surface area is 187 Å². The predicted molar refractivity (Wildman–Crippen MR) is 109 cm³/mol. The van der Waals surface area contributed by atoms with Crippen molar-refractivity contribution in [3.05, 3.63) is 78.1 Å². The van der Waals surface area contributed by atoms with Crippen molar-refractivity contribution in [2.45, 2.75) is 12.5 Å². The quantitative estimate of drug-likeness (QED) is 0.372. The molecule has 0 radical (unpaired) electrons. The fourth-order valence-corrected chi connectivity index (χ4v) is 3.06. The second-order valence-electron chi connectivity index (χ2n) is 6.89. The van der Waals surface area contributed by atoms with Crippen molar-refractivity contribution in [3.8, 4) is 17.0 Å². The third-order valence-corrected chi connectivity index (χ3v) is 4.53. The Morgan fingerprint density at radius 2 is 1.65 bits per heavy atom. The maximum Gasteiger partial charge on any atom is 0.573 e. The molecule has 0 saturated carbocycles. The second-order valence-corrected chi connectivity index (χ2v) is 6.89. The van der Waals surface area contributed by atoms with Crippen molar-refractivity contribution in [3.63, 3.8) is 0 Å². The van der Waals surface area contributed by atoms with E-state index in [1.54, 1.807) is 0 Å². The third kappa shape index (κ3) is 5.22. The zero-order valence-electron chi connectivity index (χ0n) is 16.8. The molecule has 2 aromatic carbocycles. The Balaban J connectivity index is 1.67. The number of alkyl halides is 6. The molecule has 2 heterocycles. The van der Waals surface area contributed by atoms with Gasteiger partial charge in [0, 0.05) is 11.1 Å². The van der Waals surface area contributed by atoms with Gasteiger partial charge in [-0.2, -0.15) is 13.2 Å². The van der Waals surface area contributed by atoms with Crippen molar-refractivity contribution >= 4 is 22.8 Å². The highest BCUT2D eigenvalue weighted by atomic mass is 19.4. The summed E-state index contributed by atoms with van der Waals surface area (Å²) in [4.78, 5) is 24.9. The minimum Gasteiger partial charge on any atom is -0.406 e. The summed E-state index contributed by atoms with van der Waals surface area (Å²) in [6, 6.07) is 12.0. The number of amides is 1. The summed E-state index contributed by atoms with van der Waals surface area (Å²) in [7, 11) is 0. The normalized spacial score (nSPS) is 11.9. The van der Waals surface area contributed by atoms with E-state index in [1.807, 2.05) is 0 Å². The number of fused-ring (bicyclic) bond motifs is 1. The number of hydrogen-bond donors (Lipinski definition) is 1. The molecule has 2 aromatic heterocycles. The number of halogens is 6. The Bertz CT molecular complexity index is 1370. The summed E-state index contributed by atoms with van der Waals surface area (Å²) in [5.41, 5.74) is -0.362. The molecule has 1 N–H and O–H groups in total. The van der Waals surface area contributed by atoms with Gasteiger partial charge in [-0.15, -0.1) is 13.2 Å². The number of carbonyl (C=O) groups is 1. The van der Waals surface area contributed by atoms with Crippen LogP contribution in [0.3, 0.4) is 0 Å². The van der Waals surface area contributed by atoms with Crippen LogP contribution in [0, 0.1) is 0 Å². The van der Waals surface area contributed by atoms with Crippen molar-refractivity contribution in [1.82, 2.24) is 15.0 Å². The van der Waals surface area contributed by atoms with Gasteiger partial charge < -0.3 is 10.1 Å². The minimum atomic E-state index is -4.87. The molecule has 0 aliphatic carbocycles. The van der Waals surface area contributed by atoms with Crippen LogP contribution in [0.5, 0.6) is 5.75 Å². The van der Waals surface area contributed by atoms with E-state index in [0.29, 0.717) is 11.6 Å². The molecule has 0 spiro atoms. The molecule has 0 fully saturated rings. The van der Waals surface area contributed by atoms with Crippen LogP contribution < -0.4 is 10.1 Å². The molecule has 4 rings (SSSR count). The maximum atomic E-state index is 13.0. The fraction of sp³-hybridized carbons (Fsp3) is 0.0909. The number of nitrogens with zero attached hydrogens (tertiary/aromatic N) is 3. The monoisotopic (exact) mass is 478 g/mol. The molecule has 6 nitrogen and oxygen atoms in total. The standard InChI is InChI=1S/C22H12F6N4O2/c23-21(24,25)14-5-1-4-13(9-14)20(33)32-19-18-17(29-11-30-19)8-7-16(31-18)12-3-2-6-15(10-12)34-22(26,27)28/h1-11H,(H,29,30,32,33). The Morgan fingerprint density at radius 1 is 0.882 bits per heavy atom. The number of hydrogen-bond acceptors (Lipinski definition) is 5. The van der Waals surface area contributed by atoms with Crippen LogP contribution in [0.2, 0.25) is 0 Å². The van der Waals surface area contributed by atoms with E-state index in [2.05, 4.69) is 25.0 Å². The maximum absolute atomic E-state index is 13.0. The van der Waals surface area contributed by atoms with E-state index >= 15 is 0 Å². The Morgan fingerprint density at radius 3 is 2.38 bits per heavy atom. The number of anilines is 1. The van der Waals surface area contributed by atoms with Gasteiger partial charge in [-0.25, -0.2) is 15.0 Å². The molecule has 1 amide bonds. The van der Waals surface area contributed by atoms with Gasteiger partial charge in [0.2, 0.25) is 0 Å². The molecule has 12 heteroatoms. The van der Waals surface area contributed by atoms with Gasteiger partial charge >= 0.3 is 12.5 Å². The molecule has 0 aliphatic rings. The van der Waals surface area contributed by atoms with Crippen molar-refractivity contribution in [2.24, 2.45) is 0 Å². The summed E-state index contributed by atoms with van der Waals surface area (Å²) in [5, 5.41) is 2.41. The van der Waals surface area contributed by atoms with E-state index in [1.165, 1.54) is 30.3 Å². The summed E-state index contributed by atoms with van der Waals surface area (Å²) in [5.74, 6) is -1.40. The largest absolute Gasteiger partial charge is 0.573 e. The van der Waals surface area contributed by atoms with E-state index in [4.69, 9.17) is 0 Å². The molecule has 0 bridgehead atoms. The lowest BCUT2D eigenvalue weighted by atomic mass is 10.1. The molecular formula is C22H12F6N4O2. The van der Waals surface area contributed by atoms with Crippen molar-refractivity contribution < 1.29 is 35.9 Å². The first-order valence-electron chi connectivity index (χ1n) is 9.46. The molecular weight excluding hydrogens is 466 g/mol. The minimum absolute atomic E-state index is 0.0856. The van der Waals surface area contributed by atoms with Gasteiger partial charge in [0.1, 0.15) is 17.6 Å². The van der Waals surface area contributed by atoms with Crippen LogP contribution in [-0.4, -0.2) is 27.2 Å². The molecule has 0 saturated heterocycles. The molecule has 34 heavy (non-hydrogen) atoms. The zero-order chi connectivity index (χ0) is 24.5. The number of aromatic nitrogens is 3. The van der Waals surface area contributed by atoms with Gasteiger partial charge in [-0.05, 0) is 42.5 Å². The first-order valence-corrected chi connectivity index (χ1v) is 9.46. The van der Waals surface area contributed by atoms with Crippen LogP contribution >= 0.6 is 0 Å². The molecule has 0 atom stereocenters. The lowest BCUT2D eigenvalue weighted by molar-refractivity contribution is -0.274. The highest BCUT2D eigenvalue weighted by molar-refractivity contribution is 6.07. The van der Waals surface area contributed by atoms with Gasteiger partial charge in [0.25, 0.3) is 5.91 Å². The highest BCUT2D eigenvalue weighted by Gasteiger charge is 2.32. The van der Waals surface area contributed by atoms with Crippen molar-refractivity contribution in [1.29, 1.82) is 0 Å². The number of nitrogens with one attached hydrogen (secondary N) is 1. The Hall–Kier alpha value is -4.22. The molecule has 0 aliphatic heterocycles. The van der Waals surface area contributed by atoms with Crippen molar-refractivity contribution in [2.75, 3.05) is 5.32 Å². The fourth-order valence-electron chi connectivity index (χ4n) is 3.06. The van der Waals surface area contributed by atoms with Gasteiger partial charge in [-0.1, -0.05) is 18.2 Å². The summed E-state index contributed by atoms with van der Waals surface area (Å²) in [6.07, 6.45) is -8.37. The van der Waals surface area contributed by atoms with Crippen LogP contribution in [0.4, 0.5) is 32.2 Å². The predicted octanol–water partition coefficient (Wildman–Crippen LogP) is 5.86. The zero-order valence-corrected chi connectivity index (χ0v) is 16.8.